The van der Waals surface area contributed by atoms with Gasteiger partial charge in [0, 0.05) is 31.6 Å². The summed E-state index contributed by atoms with van der Waals surface area (Å²) in [6.07, 6.45) is 1.65. The molecule has 0 aromatic heterocycles. The summed E-state index contributed by atoms with van der Waals surface area (Å²) in [6.45, 7) is 3.00. The van der Waals surface area contributed by atoms with Gasteiger partial charge in [0.1, 0.15) is 11.6 Å². The number of halogens is 2. The van der Waals surface area contributed by atoms with Crippen LogP contribution in [0.15, 0.2) is 18.2 Å². The lowest BCUT2D eigenvalue weighted by atomic mass is 10.00. The van der Waals surface area contributed by atoms with E-state index in [9.17, 15) is 18.4 Å². The number of hydrogen-bond acceptors (Lipinski definition) is 3. The van der Waals surface area contributed by atoms with Crippen LogP contribution in [-0.4, -0.2) is 42.9 Å². The van der Waals surface area contributed by atoms with E-state index >= 15 is 0 Å². The summed E-state index contributed by atoms with van der Waals surface area (Å²) in [5, 5.41) is 5.82. The Balaban J connectivity index is 2.12. The van der Waals surface area contributed by atoms with Crippen molar-refractivity contribution in [3.8, 4) is 0 Å². The van der Waals surface area contributed by atoms with Crippen molar-refractivity contribution in [2.75, 3.05) is 20.1 Å². The first-order chi connectivity index (χ1) is 11.4. The molecule has 1 heterocycles. The molecule has 1 aliphatic rings. The van der Waals surface area contributed by atoms with E-state index in [1.54, 1.807) is 11.9 Å². The van der Waals surface area contributed by atoms with Crippen molar-refractivity contribution < 1.29 is 18.4 Å². The second-order valence-electron chi connectivity index (χ2n) is 6.11. The van der Waals surface area contributed by atoms with E-state index < -0.39 is 17.7 Å². The summed E-state index contributed by atoms with van der Waals surface area (Å²) in [6, 6.07) is 2.46. The zero-order chi connectivity index (χ0) is 17.7. The maximum atomic E-state index is 14.0. The molecule has 1 aromatic carbocycles. The van der Waals surface area contributed by atoms with E-state index in [2.05, 4.69) is 10.6 Å². The van der Waals surface area contributed by atoms with E-state index in [0.29, 0.717) is 0 Å². The number of amides is 2. The molecule has 0 saturated carbocycles. The molecule has 0 bridgehead atoms. The molecule has 2 N–H and O–H groups in total. The van der Waals surface area contributed by atoms with Crippen molar-refractivity contribution in [3.05, 3.63) is 35.4 Å². The van der Waals surface area contributed by atoms with Gasteiger partial charge in [-0.05, 0) is 32.0 Å². The number of carbonyl (C=O) groups is 2. The predicted molar refractivity (Wildman–Crippen MR) is 86.2 cm³/mol. The van der Waals surface area contributed by atoms with Crippen molar-refractivity contribution in [1.29, 1.82) is 0 Å². The highest BCUT2D eigenvalue weighted by molar-refractivity contribution is 5.79. The Labute approximate surface area is 140 Å². The number of piperidine rings is 1. The highest BCUT2D eigenvalue weighted by Gasteiger charge is 2.26. The van der Waals surface area contributed by atoms with Gasteiger partial charge in [-0.15, -0.1) is 0 Å². The van der Waals surface area contributed by atoms with Crippen molar-refractivity contribution in [3.63, 3.8) is 0 Å². The molecule has 1 fully saturated rings. The van der Waals surface area contributed by atoms with Gasteiger partial charge in [0.25, 0.3) is 0 Å². The van der Waals surface area contributed by atoms with Crippen LogP contribution in [0.25, 0.3) is 0 Å². The molecular formula is C17H23F2N3O2. The molecule has 24 heavy (non-hydrogen) atoms. The monoisotopic (exact) mass is 339 g/mol. The predicted octanol–water partition coefficient (Wildman–Crippen LogP) is 1.74. The van der Waals surface area contributed by atoms with Gasteiger partial charge in [-0.25, -0.2) is 8.78 Å². The van der Waals surface area contributed by atoms with Gasteiger partial charge in [-0.2, -0.15) is 0 Å². The number of hydrogen-bond donors (Lipinski definition) is 2. The van der Waals surface area contributed by atoms with Gasteiger partial charge in [0.05, 0.1) is 12.5 Å². The smallest absolute Gasteiger partial charge is 0.224 e. The third kappa shape index (κ3) is 4.74. The molecular weight excluding hydrogens is 316 g/mol. The normalized spacial score (nSPS) is 16.5. The number of benzene rings is 1. The molecule has 0 radical (unpaired) electrons. The standard InChI is InChI=1S/C17H23F2N3O2/c1-11(23)21-16(14-4-3-12(18)9-15(14)19)10-17(24)22(2)13-5-7-20-8-6-13/h3-4,9,13,16,20H,5-8,10H2,1-2H3,(H,21,23)/t16-/m0/s1. The van der Waals surface area contributed by atoms with Crippen LogP contribution < -0.4 is 10.6 Å². The second-order valence-corrected chi connectivity index (χ2v) is 6.11. The lowest BCUT2D eigenvalue weighted by Gasteiger charge is -2.32. The van der Waals surface area contributed by atoms with Crippen molar-refractivity contribution in [2.45, 2.75) is 38.3 Å². The fourth-order valence-electron chi connectivity index (χ4n) is 2.98. The average Bonchev–Trinajstić information content (AvgIpc) is 2.54. The summed E-state index contributed by atoms with van der Waals surface area (Å²) in [5.41, 5.74) is 0.110. The summed E-state index contributed by atoms with van der Waals surface area (Å²) >= 11 is 0. The maximum absolute atomic E-state index is 14.0. The van der Waals surface area contributed by atoms with E-state index in [4.69, 9.17) is 0 Å². The Kier molecular flexibility index (Phi) is 6.25. The van der Waals surface area contributed by atoms with Crippen LogP contribution in [0.5, 0.6) is 0 Å². The second kappa shape index (κ2) is 8.19. The third-order valence-corrected chi connectivity index (χ3v) is 4.34. The van der Waals surface area contributed by atoms with Gasteiger partial charge < -0.3 is 15.5 Å². The summed E-state index contributed by atoms with van der Waals surface area (Å²) in [5.74, 6) is -2.02. The van der Waals surface area contributed by atoms with E-state index in [0.717, 1.165) is 38.1 Å². The molecule has 2 amide bonds. The number of nitrogens with one attached hydrogen (secondary N) is 2. The minimum atomic E-state index is -0.820. The Morgan fingerprint density at radius 2 is 2.00 bits per heavy atom. The topological polar surface area (TPSA) is 61.4 Å². The summed E-state index contributed by atoms with van der Waals surface area (Å²) in [4.78, 5) is 25.6. The van der Waals surface area contributed by atoms with Crippen LogP contribution >= 0.6 is 0 Å². The lowest BCUT2D eigenvalue weighted by molar-refractivity contribution is -0.133. The third-order valence-electron chi connectivity index (χ3n) is 4.34. The first kappa shape index (κ1) is 18.3. The van der Waals surface area contributed by atoms with Crippen LogP contribution in [0.1, 0.15) is 37.8 Å². The Bertz CT molecular complexity index is 603. The van der Waals surface area contributed by atoms with Crippen molar-refractivity contribution >= 4 is 11.8 Å². The number of nitrogens with zero attached hydrogens (tertiary/aromatic N) is 1. The van der Waals surface area contributed by atoms with Crippen LogP contribution in [0.3, 0.4) is 0 Å². The van der Waals surface area contributed by atoms with Crippen LogP contribution in [0.2, 0.25) is 0 Å². The highest BCUT2D eigenvalue weighted by atomic mass is 19.1. The largest absolute Gasteiger partial charge is 0.349 e. The molecule has 2 rings (SSSR count). The maximum Gasteiger partial charge on any atom is 0.224 e. The molecule has 0 spiro atoms. The molecule has 1 saturated heterocycles. The molecule has 132 valence electrons. The molecule has 1 aromatic rings. The van der Waals surface area contributed by atoms with Crippen LogP contribution in [0.4, 0.5) is 8.78 Å². The van der Waals surface area contributed by atoms with Gasteiger partial charge in [-0.3, -0.25) is 9.59 Å². The zero-order valence-corrected chi connectivity index (χ0v) is 13.9. The molecule has 0 unspecified atom stereocenters. The van der Waals surface area contributed by atoms with E-state index in [-0.39, 0.29) is 29.8 Å². The minimum absolute atomic E-state index is 0.0669. The highest BCUT2D eigenvalue weighted by Crippen LogP contribution is 2.23. The molecule has 1 aliphatic heterocycles. The van der Waals surface area contributed by atoms with Gasteiger partial charge >= 0.3 is 0 Å². The molecule has 0 aliphatic carbocycles. The number of carbonyl (C=O) groups excluding carboxylic acids is 2. The Morgan fingerprint density at radius 3 is 2.58 bits per heavy atom. The van der Waals surface area contributed by atoms with Gasteiger partial charge in [0.15, 0.2) is 0 Å². The Hall–Kier alpha value is -2.02. The fraction of sp³-hybridized carbons (Fsp3) is 0.529. The van der Waals surface area contributed by atoms with Crippen molar-refractivity contribution in [2.24, 2.45) is 0 Å². The SMILES string of the molecule is CC(=O)N[C@@H](CC(=O)N(C)C1CCNCC1)c1ccc(F)cc1F. The Morgan fingerprint density at radius 1 is 1.33 bits per heavy atom. The minimum Gasteiger partial charge on any atom is -0.349 e. The lowest BCUT2D eigenvalue weighted by Crippen LogP contribution is -2.45. The first-order valence-electron chi connectivity index (χ1n) is 8.07. The molecule has 7 heteroatoms. The van der Waals surface area contributed by atoms with Crippen LogP contribution in [0, 0.1) is 11.6 Å². The zero-order valence-electron chi connectivity index (χ0n) is 13.9. The van der Waals surface area contributed by atoms with Gasteiger partial charge in [0.2, 0.25) is 11.8 Å². The van der Waals surface area contributed by atoms with Crippen LogP contribution in [-0.2, 0) is 9.59 Å². The quantitative estimate of drug-likeness (QED) is 0.859. The summed E-state index contributed by atoms with van der Waals surface area (Å²) in [7, 11) is 1.73. The number of rotatable bonds is 5. The van der Waals surface area contributed by atoms with E-state index in [1.165, 1.54) is 13.0 Å². The molecule has 1 atom stereocenters. The molecule has 5 nitrogen and oxygen atoms in total. The van der Waals surface area contributed by atoms with E-state index in [1.807, 2.05) is 0 Å². The first-order valence-corrected chi connectivity index (χ1v) is 8.07. The van der Waals surface area contributed by atoms with Crippen molar-refractivity contribution in [1.82, 2.24) is 15.5 Å². The fourth-order valence-corrected chi connectivity index (χ4v) is 2.98. The average molecular weight is 339 g/mol. The summed E-state index contributed by atoms with van der Waals surface area (Å²) < 4.78 is 27.1. The van der Waals surface area contributed by atoms with Gasteiger partial charge in [-0.1, -0.05) is 6.07 Å².